The SMILES string of the molecule is O=c1c(C=NC[C@H]2CCCO2)c(-c2ccccc2)[nH]n1-c1nc2ccccc2s1. The van der Waals surface area contributed by atoms with Crippen molar-refractivity contribution >= 4 is 27.8 Å². The third kappa shape index (κ3) is 3.54. The van der Waals surface area contributed by atoms with Gasteiger partial charge in [0.2, 0.25) is 5.13 Å². The first-order valence-corrected chi connectivity index (χ1v) is 10.5. The second kappa shape index (κ2) is 7.77. The maximum Gasteiger partial charge on any atom is 0.282 e. The zero-order chi connectivity index (χ0) is 19.6. The van der Waals surface area contributed by atoms with Crippen LogP contribution in [0.15, 0.2) is 64.4 Å². The van der Waals surface area contributed by atoms with Gasteiger partial charge in [0.05, 0.1) is 34.1 Å². The Morgan fingerprint density at radius 1 is 1.21 bits per heavy atom. The maximum atomic E-state index is 13.2. The lowest BCUT2D eigenvalue weighted by molar-refractivity contribution is 0.118. The Balaban J connectivity index is 1.58. The minimum absolute atomic E-state index is 0.150. The van der Waals surface area contributed by atoms with Crippen molar-refractivity contribution in [3.05, 3.63) is 70.5 Å². The van der Waals surface area contributed by atoms with Crippen LogP contribution in [-0.2, 0) is 4.74 Å². The molecule has 29 heavy (non-hydrogen) atoms. The molecule has 146 valence electrons. The van der Waals surface area contributed by atoms with E-state index in [1.54, 1.807) is 6.21 Å². The quantitative estimate of drug-likeness (QED) is 0.510. The summed E-state index contributed by atoms with van der Waals surface area (Å²) in [5.74, 6) is 0. The summed E-state index contributed by atoms with van der Waals surface area (Å²) < 4.78 is 8.19. The molecule has 1 saturated heterocycles. The molecular weight excluding hydrogens is 384 g/mol. The number of thiazole rings is 1. The van der Waals surface area contributed by atoms with Crippen LogP contribution in [0, 0.1) is 0 Å². The smallest absolute Gasteiger partial charge is 0.282 e. The fourth-order valence-electron chi connectivity index (χ4n) is 3.54. The second-order valence-electron chi connectivity index (χ2n) is 7.00. The first-order chi connectivity index (χ1) is 14.3. The molecule has 3 heterocycles. The summed E-state index contributed by atoms with van der Waals surface area (Å²) in [5.41, 5.74) is 2.94. The number of nitrogens with one attached hydrogen (secondary N) is 1. The van der Waals surface area contributed by atoms with Crippen molar-refractivity contribution in [2.45, 2.75) is 18.9 Å². The predicted molar refractivity (Wildman–Crippen MR) is 116 cm³/mol. The van der Waals surface area contributed by atoms with Crippen molar-refractivity contribution in [3.8, 4) is 16.4 Å². The van der Waals surface area contributed by atoms with Gasteiger partial charge in [-0.1, -0.05) is 53.8 Å². The van der Waals surface area contributed by atoms with E-state index in [1.807, 2.05) is 54.6 Å². The number of aliphatic imine (C=N–C) groups is 1. The zero-order valence-electron chi connectivity index (χ0n) is 15.7. The lowest BCUT2D eigenvalue weighted by Gasteiger charge is -2.03. The van der Waals surface area contributed by atoms with Crippen molar-refractivity contribution in [2.24, 2.45) is 4.99 Å². The van der Waals surface area contributed by atoms with Gasteiger partial charge < -0.3 is 4.74 Å². The highest BCUT2D eigenvalue weighted by Gasteiger charge is 2.18. The van der Waals surface area contributed by atoms with Crippen molar-refractivity contribution in [2.75, 3.05) is 13.2 Å². The van der Waals surface area contributed by atoms with Gasteiger partial charge >= 0.3 is 0 Å². The molecule has 2 aromatic heterocycles. The molecule has 1 fully saturated rings. The first kappa shape index (κ1) is 18.0. The van der Waals surface area contributed by atoms with Crippen molar-refractivity contribution in [1.29, 1.82) is 0 Å². The molecule has 0 spiro atoms. The number of hydrogen-bond donors (Lipinski definition) is 1. The highest BCUT2D eigenvalue weighted by molar-refractivity contribution is 7.20. The molecule has 0 unspecified atom stereocenters. The van der Waals surface area contributed by atoms with E-state index in [-0.39, 0.29) is 11.7 Å². The molecule has 0 saturated carbocycles. The van der Waals surface area contributed by atoms with E-state index in [9.17, 15) is 4.79 Å². The Morgan fingerprint density at radius 3 is 2.83 bits per heavy atom. The van der Waals surface area contributed by atoms with Gasteiger partial charge in [-0.05, 0) is 25.0 Å². The lowest BCUT2D eigenvalue weighted by atomic mass is 10.1. The number of aromatic nitrogens is 3. The van der Waals surface area contributed by atoms with E-state index in [1.165, 1.54) is 16.0 Å². The van der Waals surface area contributed by atoms with Crippen LogP contribution >= 0.6 is 11.3 Å². The fraction of sp³-hybridized carbons (Fsp3) is 0.227. The number of para-hydroxylation sites is 1. The number of aromatic amines is 1. The Labute approximate surface area is 171 Å². The number of nitrogens with zero attached hydrogens (tertiary/aromatic N) is 3. The van der Waals surface area contributed by atoms with Crippen LogP contribution in [0.4, 0.5) is 0 Å². The molecule has 0 radical (unpaired) electrons. The minimum atomic E-state index is -0.154. The first-order valence-electron chi connectivity index (χ1n) is 9.67. The highest BCUT2D eigenvalue weighted by Crippen LogP contribution is 2.25. The van der Waals surface area contributed by atoms with E-state index in [0.717, 1.165) is 40.9 Å². The number of ether oxygens (including phenoxy) is 1. The summed E-state index contributed by atoms with van der Waals surface area (Å²) >= 11 is 1.48. The van der Waals surface area contributed by atoms with Crippen LogP contribution in [-0.4, -0.2) is 40.2 Å². The van der Waals surface area contributed by atoms with Crippen LogP contribution < -0.4 is 5.56 Å². The molecule has 0 aliphatic carbocycles. The molecule has 1 aliphatic heterocycles. The maximum absolute atomic E-state index is 13.2. The summed E-state index contributed by atoms with van der Waals surface area (Å²) in [6.07, 6.45) is 3.92. The van der Waals surface area contributed by atoms with E-state index in [4.69, 9.17) is 4.74 Å². The van der Waals surface area contributed by atoms with Gasteiger partial charge in [0, 0.05) is 18.4 Å². The largest absolute Gasteiger partial charge is 0.376 e. The topological polar surface area (TPSA) is 72.3 Å². The van der Waals surface area contributed by atoms with E-state index in [0.29, 0.717) is 17.2 Å². The second-order valence-corrected chi connectivity index (χ2v) is 8.01. The third-order valence-corrected chi connectivity index (χ3v) is 6.04. The van der Waals surface area contributed by atoms with Crippen LogP contribution in [0.5, 0.6) is 0 Å². The van der Waals surface area contributed by atoms with Gasteiger partial charge in [-0.3, -0.25) is 14.9 Å². The zero-order valence-corrected chi connectivity index (χ0v) is 16.6. The molecule has 0 amide bonds. The van der Waals surface area contributed by atoms with Gasteiger partial charge in [-0.2, -0.15) is 4.68 Å². The molecule has 2 aromatic carbocycles. The Morgan fingerprint density at radius 2 is 2.03 bits per heavy atom. The number of rotatable bonds is 5. The number of hydrogen-bond acceptors (Lipinski definition) is 5. The Bertz CT molecular complexity index is 1180. The third-order valence-electron chi connectivity index (χ3n) is 5.02. The van der Waals surface area contributed by atoms with Crippen molar-refractivity contribution < 1.29 is 4.74 Å². The molecule has 0 bridgehead atoms. The summed E-state index contributed by atoms with van der Waals surface area (Å²) in [6, 6.07) is 17.7. The number of H-pyrrole nitrogens is 1. The van der Waals surface area contributed by atoms with Crippen LogP contribution in [0.1, 0.15) is 18.4 Å². The molecule has 1 atom stereocenters. The van der Waals surface area contributed by atoms with Gasteiger partial charge in [-0.15, -0.1) is 0 Å². The van der Waals surface area contributed by atoms with E-state index in [2.05, 4.69) is 15.1 Å². The van der Waals surface area contributed by atoms with Gasteiger partial charge in [-0.25, -0.2) is 4.98 Å². The predicted octanol–water partition coefficient (Wildman–Crippen LogP) is 4.04. The number of fused-ring (bicyclic) bond motifs is 1. The monoisotopic (exact) mass is 404 g/mol. The van der Waals surface area contributed by atoms with E-state index >= 15 is 0 Å². The van der Waals surface area contributed by atoms with Gasteiger partial charge in [0.1, 0.15) is 0 Å². The normalized spacial score (nSPS) is 16.9. The van der Waals surface area contributed by atoms with Crippen LogP contribution in [0.3, 0.4) is 0 Å². The Kier molecular flexibility index (Phi) is 4.83. The molecule has 1 N–H and O–H groups in total. The standard InChI is InChI=1S/C22H20N4O2S/c27-21-17(14-23-13-16-9-6-12-28-16)20(15-7-2-1-3-8-15)25-26(21)22-24-18-10-4-5-11-19(18)29-22/h1-5,7-8,10-11,14,16,25H,6,9,12-13H2/t16-/m1/s1. The summed E-state index contributed by atoms with van der Waals surface area (Å²) in [6.45, 7) is 1.37. The molecule has 1 aliphatic rings. The summed E-state index contributed by atoms with van der Waals surface area (Å²) in [4.78, 5) is 22.4. The fourth-order valence-corrected chi connectivity index (χ4v) is 4.46. The average Bonchev–Trinajstić information content (AvgIpc) is 3.48. The molecule has 4 aromatic rings. The highest BCUT2D eigenvalue weighted by atomic mass is 32.1. The average molecular weight is 404 g/mol. The van der Waals surface area contributed by atoms with Gasteiger partial charge in [0.15, 0.2) is 0 Å². The Hall–Kier alpha value is -3.03. The minimum Gasteiger partial charge on any atom is -0.376 e. The molecule has 7 heteroatoms. The number of benzene rings is 2. The molecular formula is C22H20N4O2S. The molecule has 5 rings (SSSR count). The summed E-state index contributed by atoms with van der Waals surface area (Å²) in [7, 11) is 0. The van der Waals surface area contributed by atoms with Crippen molar-refractivity contribution in [1.82, 2.24) is 14.8 Å². The van der Waals surface area contributed by atoms with E-state index < -0.39 is 0 Å². The van der Waals surface area contributed by atoms with Crippen LogP contribution in [0.2, 0.25) is 0 Å². The molecule has 6 nitrogen and oxygen atoms in total. The summed E-state index contributed by atoms with van der Waals surface area (Å²) in [5, 5.41) is 3.87. The van der Waals surface area contributed by atoms with Crippen LogP contribution in [0.25, 0.3) is 26.6 Å². The van der Waals surface area contributed by atoms with Gasteiger partial charge in [0.25, 0.3) is 5.56 Å². The lowest BCUT2D eigenvalue weighted by Crippen LogP contribution is -2.17. The van der Waals surface area contributed by atoms with Crippen molar-refractivity contribution in [3.63, 3.8) is 0 Å².